The maximum atomic E-state index is 13.5. The summed E-state index contributed by atoms with van der Waals surface area (Å²) in [6.45, 7) is 2.82. The molecule has 2 heterocycles. The third-order valence-electron chi connectivity index (χ3n) is 6.84. The Bertz CT molecular complexity index is 1830. The molecule has 0 aliphatic heterocycles. The van der Waals surface area contributed by atoms with Crippen LogP contribution < -0.4 is 10.1 Å². The van der Waals surface area contributed by atoms with E-state index >= 15 is 0 Å². The number of fused-ring (bicyclic) bond motifs is 1. The second-order valence-electron chi connectivity index (χ2n) is 10.0. The van der Waals surface area contributed by atoms with Gasteiger partial charge in [0.1, 0.15) is 51.7 Å². The van der Waals surface area contributed by atoms with Gasteiger partial charge in [-0.05, 0) is 79.8 Å². The summed E-state index contributed by atoms with van der Waals surface area (Å²) in [5, 5.41) is 4.45. The Kier molecular flexibility index (Phi) is 8.77. The average molecular weight is 609 g/mol. The summed E-state index contributed by atoms with van der Waals surface area (Å²) >= 11 is 6.49. The van der Waals surface area contributed by atoms with Gasteiger partial charge in [0.2, 0.25) is 0 Å². The first-order valence-corrected chi connectivity index (χ1v) is 15.7. The van der Waals surface area contributed by atoms with E-state index in [9.17, 15) is 12.8 Å². The van der Waals surface area contributed by atoms with Crippen LogP contribution in [0.25, 0.3) is 22.2 Å². The number of aromatic nitrogens is 2. The van der Waals surface area contributed by atoms with Gasteiger partial charge in [0.15, 0.2) is 0 Å². The van der Waals surface area contributed by atoms with Gasteiger partial charge in [-0.15, -0.1) is 0 Å². The number of hydrogen-bond donors (Lipinski definition) is 1. The van der Waals surface area contributed by atoms with Gasteiger partial charge in [-0.25, -0.2) is 22.8 Å². The number of ether oxygens (including phenoxy) is 1. The zero-order valence-electron chi connectivity index (χ0n) is 23.3. The van der Waals surface area contributed by atoms with E-state index in [4.69, 9.17) is 20.8 Å². The monoisotopic (exact) mass is 608 g/mol. The quantitative estimate of drug-likeness (QED) is 0.170. The third-order valence-corrected chi connectivity index (χ3v) is 8.06. The molecule has 3 aromatic carbocycles. The molecule has 0 saturated heterocycles. The number of furan rings is 1. The van der Waals surface area contributed by atoms with Gasteiger partial charge in [-0.2, -0.15) is 0 Å². The predicted molar refractivity (Wildman–Crippen MR) is 163 cm³/mol. The van der Waals surface area contributed by atoms with Gasteiger partial charge in [-0.3, -0.25) is 4.90 Å². The maximum Gasteiger partial charge on any atom is 0.149 e. The SMILES string of the molecule is CCN(C)[C@H](CS(C)(=O)=O)c1ccc(-c2ccc3ncnc(Nc4ccc(OCc5cccc(F)c5)c(Cl)c4)c3c2)o1. The van der Waals surface area contributed by atoms with Crippen molar-refractivity contribution < 1.29 is 22.0 Å². The first kappa shape index (κ1) is 29.5. The first-order valence-electron chi connectivity index (χ1n) is 13.3. The van der Waals surface area contributed by atoms with Gasteiger partial charge in [0.25, 0.3) is 0 Å². The molecule has 1 atom stereocenters. The molecule has 42 heavy (non-hydrogen) atoms. The Morgan fingerprint density at radius 3 is 2.64 bits per heavy atom. The van der Waals surface area contributed by atoms with Crippen LogP contribution in [-0.4, -0.2) is 48.9 Å². The summed E-state index contributed by atoms with van der Waals surface area (Å²) in [5.74, 6) is 1.86. The van der Waals surface area contributed by atoms with E-state index < -0.39 is 15.9 Å². The molecule has 0 fully saturated rings. The number of nitrogens with one attached hydrogen (secondary N) is 1. The lowest BCUT2D eigenvalue weighted by atomic mass is 10.1. The van der Waals surface area contributed by atoms with Crippen molar-refractivity contribution in [1.82, 2.24) is 14.9 Å². The summed E-state index contributed by atoms with van der Waals surface area (Å²) in [6.07, 6.45) is 2.70. The molecule has 0 aliphatic rings. The van der Waals surface area contributed by atoms with Crippen molar-refractivity contribution in [3.63, 3.8) is 0 Å². The van der Waals surface area contributed by atoms with Crippen LogP contribution in [0.4, 0.5) is 15.9 Å². The predicted octanol–water partition coefficient (Wildman–Crippen LogP) is 7.04. The van der Waals surface area contributed by atoms with Crippen molar-refractivity contribution in [1.29, 1.82) is 0 Å². The van der Waals surface area contributed by atoms with E-state index in [-0.39, 0.29) is 18.2 Å². The maximum absolute atomic E-state index is 13.5. The highest BCUT2D eigenvalue weighted by Gasteiger charge is 2.24. The molecule has 1 N–H and O–H groups in total. The lowest BCUT2D eigenvalue weighted by Gasteiger charge is -2.24. The van der Waals surface area contributed by atoms with Gasteiger partial charge in [-0.1, -0.05) is 30.7 Å². The van der Waals surface area contributed by atoms with E-state index in [2.05, 4.69) is 15.3 Å². The molecule has 8 nitrogen and oxygen atoms in total. The topological polar surface area (TPSA) is 97.6 Å². The summed E-state index contributed by atoms with van der Waals surface area (Å²) in [7, 11) is -1.35. The molecule has 11 heteroatoms. The molecule has 0 radical (unpaired) electrons. The van der Waals surface area contributed by atoms with Gasteiger partial charge in [0, 0.05) is 22.9 Å². The van der Waals surface area contributed by atoms with Gasteiger partial charge >= 0.3 is 0 Å². The van der Waals surface area contributed by atoms with E-state index in [0.717, 1.165) is 16.5 Å². The van der Waals surface area contributed by atoms with Crippen molar-refractivity contribution in [3.8, 4) is 17.1 Å². The Morgan fingerprint density at radius 2 is 1.90 bits per heavy atom. The van der Waals surface area contributed by atoms with E-state index in [1.165, 1.54) is 24.7 Å². The molecule has 0 bridgehead atoms. The van der Waals surface area contributed by atoms with Crippen LogP contribution in [0.2, 0.25) is 5.02 Å². The smallest absolute Gasteiger partial charge is 0.149 e. The molecular weight excluding hydrogens is 579 g/mol. The van der Waals surface area contributed by atoms with E-state index in [1.807, 2.05) is 55.3 Å². The molecule has 2 aromatic heterocycles. The number of halogens is 2. The van der Waals surface area contributed by atoms with E-state index in [0.29, 0.717) is 45.9 Å². The molecule has 0 amide bonds. The average Bonchev–Trinajstić information content (AvgIpc) is 3.45. The summed E-state index contributed by atoms with van der Waals surface area (Å²) in [6, 6.07) is 20.5. The fourth-order valence-corrected chi connectivity index (χ4v) is 5.78. The Balaban J connectivity index is 1.38. The van der Waals surface area contributed by atoms with Crippen LogP contribution in [0.1, 0.15) is 24.3 Å². The largest absolute Gasteiger partial charge is 0.487 e. The highest BCUT2D eigenvalue weighted by molar-refractivity contribution is 7.90. The van der Waals surface area contributed by atoms with Crippen molar-refractivity contribution in [2.45, 2.75) is 19.6 Å². The highest BCUT2D eigenvalue weighted by Crippen LogP contribution is 2.34. The van der Waals surface area contributed by atoms with Crippen LogP contribution in [-0.2, 0) is 16.4 Å². The Hall–Kier alpha value is -3.99. The minimum absolute atomic E-state index is 0.0406. The minimum Gasteiger partial charge on any atom is -0.487 e. The Morgan fingerprint density at radius 1 is 1.07 bits per heavy atom. The van der Waals surface area contributed by atoms with Crippen LogP contribution in [0.15, 0.2) is 83.5 Å². The van der Waals surface area contributed by atoms with E-state index in [1.54, 1.807) is 24.3 Å². The van der Waals surface area contributed by atoms with Crippen LogP contribution in [0.3, 0.4) is 0 Å². The normalized spacial score (nSPS) is 12.5. The second-order valence-corrected chi connectivity index (χ2v) is 12.6. The molecular formula is C31H30ClFN4O4S. The van der Waals surface area contributed by atoms with Gasteiger partial charge < -0.3 is 14.5 Å². The summed E-state index contributed by atoms with van der Waals surface area (Å²) < 4.78 is 49.6. The Labute approximate surface area is 249 Å². The number of benzene rings is 3. The molecule has 0 unspecified atom stereocenters. The summed E-state index contributed by atoms with van der Waals surface area (Å²) in [5.41, 5.74) is 2.91. The number of sulfone groups is 1. The fraction of sp³-hybridized carbons (Fsp3) is 0.226. The third kappa shape index (κ3) is 7.07. The lowest BCUT2D eigenvalue weighted by Crippen LogP contribution is -2.29. The molecule has 5 aromatic rings. The highest BCUT2D eigenvalue weighted by atomic mass is 35.5. The fourth-order valence-electron chi connectivity index (χ4n) is 4.55. The van der Waals surface area contributed by atoms with Crippen molar-refractivity contribution in [2.75, 3.05) is 30.9 Å². The zero-order valence-corrected chi connectivity index (χ0v) is 24.9. The number of hydrogen-bond acceptors (Lipinski definition) is 8. The first-order chi connectivity index (χ1) is 20.1. The molecule has 0 spiro atoms. The van der Waals surface area contributed by atoms with Crippen LogP contribution >= 0.6 is 11.6 Å². The lowest BCUT2D eigenvalue weighted by molar-refractivity contribution is 0.245. The zero-order chi connectivity index (χ0) is 29.9. The number of anilines is 2. The van der Waals surface area contributed by atoms with Crippen molar-refractivity contribution >= 4 is 43.8 Å². The number of nitrogens with zero attached hydrogens (tertiary/aromatic N) is 3. The number of rotatable bonds is 11. The van der Waals surface area contributed by atoms with Crippen LogP contribution in [0.5, 0.6) is 5.75 Å². The standard InChI is InChI=1S/C31H30ClFN4O4S/c1-4-37(2)27(18-42(3,38)39)30-13-12-28(41-30)21-8-10-26-24(15-21)31(35-19-34-26)36-23-9-11-29(25(32)16-23)40-17-20-6-5-7-22(33)14-20/h5-16,19,27H,4,17-18H2,1-3H3,(H,34,35,36)/t27-/m1/s1. The van der Waals surface area contributed by atoms with Gasteiger partial charge in [0.05, 0.1) is 22.3 Å². The molecule has 218 valence electrons. The minimum atomic E-state index is -3.23. The second kappa shape index (κ2) is 12.5. The van der Waals surface area contributed by atoms with Crippen molar-refractivity contribution in [2.24, 2.45) is 0 Å². The molecule has 0 aliphatic carbocycles. The van der Waals surface area contributed by atoms with Crippen molar-refractivity contribution in [3.05, 3.63) is 101 Å². The molecule has 0 saturated carbocycles. The van der Waals surface area contributed by atoms with Crippen LogP contribution in [0, 0.1) is 5.82 Å². The summed E-state index contributed by atoms with van der Waals surface area (Å²) in [4.78, 5) is 10.8. The molecule has 5 rings (SSSR count).